The minimum absolute atomic E-state index is 0.311. The summed E-state index contributed by atoms with van der Waals surface area (Å²) in [5, 5.41) is 4.38. The summed E-state index contributed by atoms with van der Waals surface area (Å²) in [6.07, 6.45) is 0.913. The maximum atomic E-state index is 6.25. The summed E-state index contributed by atoms with van der Waals surface area (Å²) < 4.78 is 0. The molecule has 1 unspecified atom stereocenters. The highest BCUT2D eigenvalue weighted by Gasteiger charge is 2.12. The maximum Gasteiger partial charge on any atom is 0.0438 e. The first kappa shape index (κ1) is 14.1. The van der Waals surface area contributed by atoms with Crippen molar-refractivity contribution in [3.05, 3.63) is 70.2 Å². The fourth-order valence-electron chi connectivity index (χ4n) is 2.24. The molecule has 0 amide bonds. The zero-order valence-electron chi connectivity index (χ0n) is 11.5. The molecule has 2 aromatic rings. The monoisotopic (exact) mass is 273 g/mol. The van der Waals surface area contributed by atoms with Crippen molar-refractivity contribution >= 4 is 11.6 Å². The Labute approximate surface area is 120 Å². The highest BCUT2D eigenvalue weighted by molar-refractivity contribution is 6.31. The molecule has 100 valence electrons. The lowest BCUT2D eigenvalue weighted by Crippen LogP contribution is -2.23. The number of aryl methyl sites for hydroxylation is 1. The second-order valence-corrected chi connectivity index (χ2v) is 5.22. The van der Waals surface area contributed by atoms with Crippen molar-refractivity contribution in [2.24, 2.45) is 0 Å². The van der Waals surface area contributed by atoms with E-state index < -0.39 is 0 Å². The standard InChI is InChI=1S/C17H20ClN/c1-3-19-17(14-10-8-13(2)9-11-14)12-15-6-4-5-7-16(15)18/h4-11,17,19H,3,12H2,1-2H3. The van der Waals surface area contributed by atoms with Gasteiger partial charge in [0.2, 0.25) is 0 Å². The lowest BCUT2D eigenvalue weighted by Gasteiger charge is -2.19. The smallest absolute Gasteiger partial charge is 0.0438 e. The van der Waals surface area contributed by atoms with E-state index in [2.05, 4.69) is 49.5 Å². The van der Waals surface area contributed by atoms with Crippen molar-refractivity contribution in [2.45, 2.75) is 26.3 Å². The number of rotatable bonds is 5. The first-order chi connectivity index (χ1) is 9.20. The van der Waals surface area contributed by atoms with Crippen LogP contribution < -0.4 is 5.32 Å². The summed E-state index contributed by atoms with van der Waals surface area (Å²) in [5.74, 6) is 0. The second-order valence-electron chi connectivity index (χ2n) is 4.82. The van der Waals surface area contributed by atoms with Gasteiger partial charge in [-0.1, -0.05) is 66.6 Å². The zero-order valence-corrected chi connectivity index (χ0v) is 12.2. The highest BCUT2D eigenvalue weighted by atomic mass is 35.5. The molecule has 0 saturated heterocycles. The molecule has 2 heteroatoms. The SMILES string of the molecule is CCNC(Cc1ccccc1Cl)c1ccc(C)cc1. The van der Waals surface area contributed by atoms with Crippen molar-refractivity contribution in [3.63, 3.8) is 0 Å². The van der Waals surface area contributed by atoms with E-state index in [4.69, 9.17) is 11.6 Å². The lowest BCUT2D eigenvalue weighted by atomic mass is 9.98. The van der Waals surface area contributed by atoms with Crippen molar-refractivity contribution in [1.82, 2.24) is 5.32 Å². The average molecular weight is 274 g/mol. The van der Waals surface area contributed by atoms with Gasteiger partial charge in [-0.15, -0.1) is 0 Å². The number of hydrogen-bond acceptors (Lipinski definition) is 1. The average Bonchev–Trinajstić information content (AvgIpc) is 2.42. The van der Waals surface area contributed by atoms with Crippen molar-refractivity contribution in [1.29, 1.82) is 0 Å². The van der Waals surface area contributed by atoms with Crippen LogP contribution >= 0.6 is 11.6 Å². The summed E-state index contributed by atoms with van der Waals surface area (Å²) >= 11 is 6.25. The van der Waals surface area contributed by atoms with Crippen LogP contribution in [0.2, 0.25) is 5.02 Å². The van der Waals surface area contributed by atoms with E-state index in [9.17, 15) is 0 Å². The number of halogens is 1. The molecule has 1 N–H and O–H groups in total. The summed E-state index contributed by atoms with van der Waals surface area (Å²) in [6, 6.07) is 17.1. The fraction of sp³-hybridized carbons (Fsp3) is 0.294. The minimum Gasteiger partial charge on any atom is -0.310 e. The van der Waals surface area contributed by atoms with Gasteiger partial charge in [0.25, 0.3) is 0 Å². The van der Waals surface area contributed by atoms with Gasteiger partial charge in [0.1, 0.15) is 0 Å². The first-order valence-electron chi connectivity index (χ1n) is 6.74. The van der Waals surface area contributed by atoms with Gasteiger partial charge in [-0.25, -0.2) is 0 Å². The molecular formula is C17H20ClN. The van der Waals surface area contributed by atoms with Crippen LogP contribution in [-0.2, 0) is 6.42 Å². The summed E-state index contributed by atoms with van der Waals surface area (Å²) in [4.78, 5) is 0. The predicted molar refractivity (Wildman–Crippen MR) is 82.8 cm³/mol. The first-order valence-corrected chi connectivity index (χ1v) is 7.12. The van der Waals surface area contributed by atoms with Crippen LogP contribution in [0.5, 0.6) is 0 Å². The van der Waals surface area contributed by atoms with Crippen molar-refractivity contribution in [3.8, 4) is 0 Å². The Balaban J connectivity index is 2.21. The summed E-state index contributed by atoms with van der Waals surface area (Å²) in [6.45, 7) is 5.19. The topological polar surface area (TPSA) is 12.0 Å². The molecule has 19 heavy (non-hydrogen) atoms. The molecule has 0 spiro atoms. The molecule has 1 nitrogen and oxygen atoms in total. The molecule has 0 fully saturated rings. The van der Waals surface area contributed by atoms with E-state index in [1.54, 1.807) is 0 Å². The zero-order chi connectivity index (χ0) is 13.7. The van der Waals surface area contributed by atoms with Gasteiger partial charge in [0, 0.05) is 11.1 Å². The normalized spacial score (nSPS) is 12.4. The number of nitrogens with one attached hydrogen (secondary N) is 1. The molecule has 0 aliphatic carbocycles. The van der Waals surface area contributed by atoms with Gasteiger partial charge in [-0.05, 0) is 37.1 Å². The number of likely N-dealkylation sites (N-methyl/N-ethyl adjacent to an activating group) is 1. The van der Waals surface area contributed by atoms with Crippen LogP contribution in [0.25, 0.3) is 0 Å². The molecule has 0 heterocycles. The highest BCUT2D eigenvalue weighted by Crippen LogP contribution is 2.23. The lowest BCUT2D eigenvalue weighted by molar-refractivity contribution is 0.550. The van der Waals surface area contributed by atoms with Gasteiger partial charge in [0.15, 0.2) is 0 Å². The quantitative estimate of drug-likeness (QED) is 0.843. The number of hydrogen-bond donors (Lipinski definition) is 1. The molecule has 0 aliphatic rings. The van der Waals surface area contributed by atoms with Crippen LogP contribution in [0.15, 0.2) is 48.5 Å². The van der Waals surface area contributed by atoms with Gasteiger partial charge in [0.05, 0.1) is 0 Å². The second kappa shape index (κ2) is 6.74. The Kier molecular flexibility index (Phi) is 5.00. The Bertz CT molecular complexity index is 519. The molecule has 0 aliphatic heterocycles. The largest absolute Gasteiger partial charge is 0.310 e. The Morgan fingerprint density at radius 2 is 1.74 bits per heavy atom. The Hall–Kier alpha value is -1.31. The van der Waals surface area contributed by atoms with Crippen LogP contribution in [-0.4, -0.2) is 6.54 Å². The fourth-order valence-corrected chi connectivity index (χ4v) is 2.45. The predicted octanol–water partition coefficient (Wildman–Crippen LogP) is 4.54. The Morgan fingerprint density at radius 3 is 2.37 bits per heavy atom. The van der Waals surface area contributed by atoms with E-state index in [1.807, 2.05) is 18.2 Å². The molecule has 2 aromatic carbocycles. The van der Waals surface area contributed by atoms with Gasteiger partial charge in [-0.2, -0.15) is 0 Å². The summed E-state index contributed by atoms with van der Waals surface area (Å²) in [7, 11) is 0. The third-order valence-corrected chi connectivity index (χ3v) is 3.68. The van der Waals surface area contributed by atoms with Crippen molar-refractivity contribution in [2.75, 3.05) is 6.54 Å². The molecule has 1 atom stereocenters. The third-order valence-electron chi connectivity index (χ3n) is 3.31. The molecule has 2 rings (SSSR count). The molecular weight excluding hydrogens is 254 g/mol. The Morgan fingerprint density at radius 1 is 1.05 bits per heavy atom. The van der Waals surface area contributed by atoms with Crippen LogP contribution in [0.3, 0.4) is 0 Å². The van der Waals surface area contributed by atoms with Crippen LogP contribution in [0.1, 0.15) is 29.7 Å². The molecule has 0 aromatic heterocycles. The molecule has 0 radical (unpaired) electrons. The number of benzene rings is 2. The van der Waals surface area contributed by atoms with Gasteiger partial charge < -0.3 is 5.32 Å². The van der Waals surface area contributed by atoms with E-state index in [0.29, 0.717) is 6.04 Å². The van der Waals surface area contributed by atoms with Gasteiger partial charge >= 0.3 is 0 Å². The molecule has 0 saturated carbocycles. The van der Waals surface area contributed by atoms with Crippen LogP contribution in [0, 0.1) is 6.92 Å². The van der Waals surface area contributed by atoms with E-state index in [1.165, 1.54) is 16.7 Å². The third kappa shape index (κ3) is 3.82. The maximum absolute atomic E-state index is 6.25. The van der Waals surface area contributed by atoms with Crippen LogP contribution in [0.4, 0.5) is 0 Å². The summed E-state index contributed by atoms with van der Waals surface area (Å²) in [5.41, 5.74) is 3.79. The minimum atomic E-state index is 0.311. The van der Waals surface area contributed by atoms with Gasteiger partial charge in [-0.3, -0.25) is 0 Å². The van der Waals surface area contributed by atoms with E-state index >= 15 is 0 Å². The van der Waals surface area contributed by atoms with E-state index in [0.717, 1.165) is 18.0 Å². The van der Waals surface area contributed by atoms with E-state index in [-0.39, 0.29) is 0 Å². The molecule has 0 bridgehead atoms. The van der Waals surface area contributed by atoms with Crippen molar-refractivity contribution < 1.29 is 0 Å².